The van der Waals surface area contributed by atoms with Gasteiger partial charge in [0.15, 0.2) is 5.76 Å². The summed E-state index contributed by atoms with van der Waals surface area (Å²) in [6, 6.07) is 5.54. The Balaban J connectivity index is 2.30. The lowest BCUT2D eigenvalue weighted by Crippen LogP contribution is -1.91. The van der Waals surface area contributed by atoms with Crippen molar-refractivity contribution in [2.24, 2.45) is 5.16 Å². The van der Waals surface area contributed by atoms with Gasteiger partial charge in [-0.1, -0.05) is 10.3 Å². The van der Waals surface area contributed by atoms with Gasteiger partial charge in [0.05, 0.1) is 0 Å². The van der Waals surface area contributed by atoms with Gasteiger partial charge >= 0.3 is 0 Å². The first-order chi connectivity index (χ1) is 7.81. The SMILES string of the molecule is CON=C(C)c1cc(-c2ccncc2)no1. The van der Waals surface area contributed by atoms with Crippen LogP contribution in [0, 0.1) is 0 Å². The minimum absolute atomic E-state index is 0.591. The third kappa shape index (κ3) is 2.08. The zero-order chi connectivity index (χ0) is 11.4. The molecular weight excluding hydrogens is 206 g/mol. The number of rotatable bonds is 3. The monoisotopic (exact) mass is 217 g/mol. The van der Waals surface area contributed by atoms with Gasteiger partial charge in [0, 0.05) is 24.0 Å². The van der Waals surface area contributed by atoms with Gasteiger partial charge in [-0.05, 0) is 19.1 Å². The van der Waals surface area contributed by atoms with Crippen molar-refractivity contribution < 1.29 is 9.36 Å². The van der Waals surface area contributed by atoms with Crippen molar-refractivity contribution in [2.45, 2.75) is 6.92 Å². The largest absolute Gasteiger partial charge is 0.399 e. The molecule has 5 nitrogen and oxygen atoms in total. The van der Waals surface area contributed by atoms with Gasteiger partial charge in [0.1, 0.15) is 18.5 Å². The lowest BCUT2D eigenvalue weighted by atomic mass is 10.2. The highest BCUT2D eigenvalue weighted by Gasteiger charge is 2.08. The molecule has 0 aromatic carbocycles. The summed E-state index contributed by atoms with van der Waals surface area (Å²) in [7, 11) is 1.49. The molecule has 0 saturated carbocycles. The molecule has 82 valence electrons. The van der Waals surface area contributed by atoms with Crippen LogP contribution in [0.4, 0.5) is 0 Å². The fourth-order valence-corrected chi connectivity index (χ4v) is 1.29. The van der Waals surface area contributed by atoms with Crippen molar-refractivity contribution in [1.82, 2.24) is 10.1 Å². The molecule has 0 aliphatic rings. The van der Waals surface area contributed by atoms with Crippen LogP contribution in [0.25, 0.3) is 11.3 Å². The van der Waals surface area contributed by atoms with Crippen LogP contribution in [-0.2, 0) is 4.84 Å². The molecule has 0 bridgehead atoms. The van der Waals surface area contributed by atoms with E-state index in [0.717, 1.165) is 11.3 Å². The summed E-state index contributed by atoms with van der Waals surface area (Å²) in [5.74, 6) is 0.591. The fraction of sp³-hybridized carbons (Fsp3) is 0.182. The molecule has 0 aliphatic carbocycles. The van der Waals surface area contributed by atoms with Crippen molar-refractivity contribution >= 4 is 5.71 Å². The number of hydrogen-bond acceptors (Lipinski definition) is 5. The van der Waals surface area contributed by atoms with E-state index in [0.29, 0.717) is 11.5 Å². The molecule has 0 amide bonds. The number of nitrogens with zero attached hydrogens (tertiary/aromatic N) is 3. The fourth-order valence-electron chi connectivity index (χ4n) is 1.29. The topological polar surface area (TPSA) is 60.5 Å². The highest BCUT2D eigenvalue weighted by atomic mass is 16.6. The zero-order valence-corrected chi connectivity index (χ0v) is 9.04. The molecule has 2 aromatic rings. The highest BCUT2D eigenvalue weighted by molar-refractivity contribution is 5.96. The second-order valence-corrected chi connectivity index (χ2v) is 3.17. The van der Waals surface area contributed by atoms with Crippen LogP contribution >= 0.6 is 0 Å². The van der Waals surface area contributed by atoms with Gasteiger partial charge < -0.3 is 9.36 Å². The van der Waals surface area contributed by atoms with Crippen molar-refractivity contribution in [3.8, 4) is 11.3 Å². The predicted molar refractivity (Wildman–Crippen MR) is 59.0 cm³/mol. The third-order valence-corrected chi connectivity index (χ3v) is 2.07. The van der Waals surface area contributed by atoms with Crippen LogP contribution in [0.5, 0.6) is 0 Å². The number of aromatic nitrogens is 2. The molecular formula is C11H11N3O2. The Morgan fingerprint density at radius 2 is 2.12 bits per heavy atom. The van der Waals surface area contributed by atoms with E-state index >= 15 is 0 Å². The van der Waals surface area contributed by atoms with Crippen LogP contribution < -0.4 is 0 Å². The maximum Gasteiger partial charge on any atom is 0.184 e. The summed E-state index contributed by atoms with van der Waals surface area (Å²) < 4.78 is 5.15. The van der Waals surface area contributed by atoms with E-state index in [9.17, 15) is 0 Å². The molecule has 2 heterocycles. The third-order valence-electron chi connectivity index (χ3n) is 2.07. The Kier molecular flexibility index (Phi) is 2.95. The average molecular weight is 217 g/mol. The van der Waals surface area contributed by atoms with Crippen LogP contribution in [0.3, 0.4) is 0 Å². The molecule has 5 heteroatoms. The first kappa shape index (κ1) is 10.4. The summed E-state index contributed by atoms with van der Waals surface area (Å²) in [6.07, 6.45) is 3.42. The van der Waals surface area contributed by atoms with Crippen LogP contribution in [0.15, 0.2) is 40.3 Å². The Bertz CT molecular complexity index is 491. The molecule has 0 unspecified atom stereocenters. The smallest absolute Gasteiger partial charge is 0.184 e. The molecule has 0 radical (unpaired) electrons. The predicted octanol–water partition coefficient (Wildman–Crippen LogP) is 2.11. The number of hydrogen-bond donors (Lipinski definition) is 0. The van der Waals surface area contributed by atoms with Crippen LogP contribution in [-0.4, -0.2) is 23.0 Å². The Labute approximate surface area is 92.7 Å². The molecule has 0 saturated heterocycles. The van der Waals surface area contributed by atoms with E-state index in [1.807, 2.05) is 18.2 Å². The minimum Gasteiger partial charge on any atom is -0.399 e. The van der Waals surface area contributed by atoms with Gasteiger partial charge in [0.2, 0.25) is 0 Å². The Morgan fingerprint density at radius 1 is 1.38 bits per heavy atom. The summed E-state index contributed by atoms with van der Waals surface area (Å²) in [5, 5.41) is 7.72. The lowest BCUT2D eigenvalue weighted by Gasteiger charge is -1.91. The standard InChI is InChI=1S/C11H11N3O2/c1-8(13-15-2)11-7-10(14-16-11)9-3-5-12-6-4-9/h3-7H,1-2H3. The maximum absolute atomic E-state index is 5.15. The van der Waals surface area contributed by atoms with E-state index < -0.39 is 0 Å². The number of oxime groups is 1. The molecule has 16 heavy (non-hydrogen) atoms. The van der Waals surface area contributed by atoms with E-state index in [2.05, 4.69) is 20.1 Å². The van der Waals surface area contributed by atoms with Crippen molar-refractivity contribution in [2.75, 3.05) is 7.11 Å². The molecule has 0 aliphatic heterocycles. The van der Waals surface area contributed by atoms with E-state index in [1.54, 1.807) is 19.3 Å². The van der Waals surface area contributed by atoms with E-state index in [1.165, 1.54) is 7.11 Å². The molecule has 0 fully saturated rings. The summed E-state index contributed by atoms with van der Waals surface area (Å²) >= 11 is 0. The molecule has 0 spiro atoms. The van der Waals surface area contributed by atoms with Crippen LogP contribution in [0.1, 0.15) is 12.7 Å². The second kappa shape index (κ2) is 4.57. The summed E-state index contributed by atoms with van der Waals surface area (Å²) in [5.41, 5.74) is 2.36. The Morgan fingerprint density at radius 3 is 2.81 bits per heavy atom. The maximum atomic E-state index is 5.15. The van der Waals surface area contributed by atoms with Gasteiger partial charge in [-0.2, -0.15) is 0 Å². The number of pyridine rings is 1. The van der Waals surface area contributed by atoms with Crippen LogP contribution in [0.2, 0.25) is 0 Å². The molecule has 0 N–H and O–H groups in total. The first-order valence-corrected chi connectivity index (χ1v) is 4.76. The quantitative estimate of drug-likeness (QED) is 0.583. The first-order valence-electron chi connectivity index (χ1n) is 4.76. The summed E-state index contributed by atoms with van der Waals surface area (Å²) in [6.45, 7) is 1.79. The Hall–Kier alpha value is -2.17. The van der Waals surface area contributed by atoms with Gasteiger partial charge in [-0.15, -0.1) is 0 Å². The van der Waals surface area contributed by atoms with Crippen molar-refractivity contribution in [3.63, 3.8) is 0 Å². The highest BCUT2D eigenvalue weighted by Crippen LogP contribution is 2.18. The average Bonchev–Trinajstić information content (AvgIpc) is 2.80. The van der Waals surface area contributed by atoms with Gasteiger partial charge in [-0.3, -0.25) is 4.98 Å². The lowest BCUT2D eigenvalue weighted by molar-refractivity contribution is 0.212. The van der Waals surface area contributed by atoms with E-state index in [4.69, 9.17) is 4.52 Å². The van der Waals surface area contributed by atoms with Gasteiger partial charge in [0.25, 0.3) is 0 Å². The minimum atomic E-state index is 0.591. The zero-order valence-electron chi connectivity index (χ0n) is 9.04. The van der Waals surface area contributed by atoms with E-state index in [-0.39, 0.29) is 0 Å². The second-order valence-electron chi connectivity index (χ2n) is 3.17. The molecule has 2 aromatic heterocycles. The normalized spacial score (nSPS) is 11.5. The molecule has 0 atom stereocenters. The summed E-state index contributed by atoms with van der Waals surface area (Å²) in [4.78, 5) is 8.60. The van der Waals surface area contributed by atoms with Gasteiger partial charge in [-0.25, -0.2) is 0 Å². The van der Waals surface area contributed by atoms with Crippen molar-refractivity contribution in [1.29, 1.82) is 0 Å². The molecule has 2 rings (SSSR count). The van der Waals surface area contributed by atoms with Crippen molar-refractivity contribution in [3.05, 3.63) is 36.4 Å².